The van der Waals surface area contributed by atoms with Gasteiger partial charge in [0.05, 0.1) is 17.7 Å². The molecule has 3 aromatic rings. The van der Waals surface area contributed by atoms with Crippen LogP contribution in [0.25, 0.3) is 11.0 Å². The Morgan fingerprint density at radius 2 is 1.82 bits per heavy atom. The van der Waals surface area contributed by atoms with Gasteiger partial charge in [-0.05, 0) is 37.3 Å². The zero-order valence-corrected chi connectivity index (χ0v) is 13.0. The molecular weight excluding hydrogens is 302 g/mol. The predicted molar refractivity (Wildman–Crippen MR) is 84.8 cm³/mol. The summed E-state index contributed by atoms with van der Waals surface area (Å²) < 4.78 is 37.9. The van der Waals surface area contributed by atoms with Crippen molar-refractivity contribution in [2.45, 2.75) is 11.8 Å². The molecule has 114 valence electrons. The van der Waals surface area contributed by atoms with Crippen LogP contribution in [0.15, 0.2) is 58.0 Å². The lowest BCUT2D eigenvalue weighted by molar-refractivity contribution is 0.415. The minimum absolute atomic E-state index is 0.204. The number of sulfonamides is 1. The normalized spacial score (nSPS) is 11.5. The number of fused-ring (bicyclic) bond motifs is 1. The van der Waals surface area contributed by atoms with Gasteiger partial charge >= 0.3 is 0 Å². The molecule has 2 aromatic carbocycles. The summed E-state index contributed by atoms with van der Waals surface area (Å²) in [4.78, 5) is 0.204. The number of ether oxygens (including phenoxy) is 1. The van der Waals surface area contributed by atoms with Crippen molar-refractivity contribution in [3.8, 4) is 5.75 Å². The molecule has 1 N–H and O–H groups in total. The van der Waals surface area contributed by atoms with Gasteiger partial charge in [-0.2, -0.15) is 0 Å². The molecule has 0 aliphatic carbocycles. The number of nitrogens with one attached hydrogen (secondary N) is 1. The average Bonchev–Trinajstić information content (AvgIpc) is 2.89. The van der Waals surface area contributed by atoms with Crippen LogP contribution in [0, 0.1) is 6.92 Å². The molecule has 0 saturated heterocycles. The molecule has 0 aliphatic rings. The van der Waals surface area contributed by atoms with E-state index in [0.29, 0.717) is 22.4 Å². The van der Waals surface area contributed by atoms with Gasteiger partial charge in [-0.25, -0.2) is 8.42 Å². The van der Waals surface area contributed by atoms with Crippen molar-refractivity contribution in [3.05, 3.63) is 54.3 Å². The first kappa shape index (κ1) is 14.5. The van der Waals surface area contributed by atoms with Gasteiger partial charge in [-0.1, -0.05) is 17.7 Å². The highest BCUT2D eigenvalue weighted by atomic mass is 32.2. The van der Waals surface area contributed by atoms with Gasteiger partial charge in [0.15, 0.2) is 0 Å². The predicted octanol–water partition coefficient (Wildman–Crippen LogP) is 3.55. The van der Waals surface area contributed by atoms with Crippen molar-refractivity contribution in [1.82, 2.24) is 0 Å². The average molecular weight is 317 g/mol. The molecule has 1 heterocycles. The smallest absolute Gasteiger partial charge is 0.262 e. The summed E-state index contributed by atoms with van der Waals surface area (Å²) in [6.45, 7) is 1.90. The van der Waals surface area contributed by atoms with Crippen LogP contribution in [-0.4, -0.2) is 15.5 Å². The summed E-state index contributed by atoms with van der Waals surface area (Å²) in [5.74, 6) is 0.629. The fourth-order valence-electron chi connectivity index (χ4n) is 2.14. The van der Waals surface area contributed by atoms with Gasteiger partial charge in [-0.3, -0.25) is 4.72 Å². The molecule has 0 fully saturated rings. The molecular formula is C16H15NO4S. The first-order valence-electron chi connectivity index (χ1n) is 6.64. The minimum Gasteiger partial charge on any atom is -0.497 e. The van der Waals surface area contributed by atoms with Crippen molar-refractivity contribution in [2.24, 2.45) is 0 Å². The Morgan fingerprint density at radius 1 is 1.09 bits per heavy atom. The first-order chi connectivity index (χ1) is 10.5. The third-order valence-electron chi connectivity index (χ3n) is 3.36. The molecule has 0 bridgehead atoms. The maximum Gasteiger partial charge on any atom is 0.262 e. The Kier molecular flexibility index (Phi) is 3.54. The van der Waals surface area contributed by atoms with Gasteiger partial charge < -0.3 is 9.15 Å². The Balaban J connectivity index is 2.00. The lowest BCUT2D eigenvalue weighted by atomic mass is 10.2. The summed E-state index contributed by atoms with van der Waals surface area (Å²) in [6.07, 6.45) is 1.38. The molecule has 3 rings (SSSR count). The molecule has 22 heavy (non-hydrogen) atoms. The van der Waals surface area contributed by atoms with Crippen LogP contribution in [-0.2, 0) is 10.0 Å². The fourth-order valence-corrected chi connectivity index (χ4v) is 3.20. The Hall–Kier alpha value is -2.47. The molecule has 0 atom stereocenters. The van der Waals surface area contributed by atoms with Crippen LogP contribution in [0.5, 0.6) is 5.75 Å². The van der Waals surface area contributed by atoms with E-state index in [2.05, 4.69) is 4.72 Å². The second-order valence-corrected chi connectivity index (χ2v) is 6.61. The summed E-state index contributed by atoms with van der Waals surface area (Å²) in [5.41, 5.74) is 1.97. The lowest BCUT2D eigenvalue weighted by Crippen LogP contribution is -2.12. The molecule has 0 amide bonds. The van der Waals surface area contributed by atoms with E-state index in [1.165, 1.54) is 6.26 Å². The van der Waals surface area contributed by atoms with Crippen molar-refractivity contribution in [3.63, 3.8) is 0 Å². The Bertz CT molecular complexity index is 911. The Labute approximate surface area is 128 Å². The number of methoxy groups -OCH3 is 1. The number of aryl methyl sites for hydroxylation is 1. The van der Waals surface area contributed by atoms with Crippen LogP contribution in [0.4, 0.5) is 5.69 Å². The zero-order chi connectivity index (χ0) is 15.7. The monoisotopic (exact) mass is 317 g/mol. The molecule has 0 spiro atoms. The molecule has 0 saturated carbocycles. The molecule has 0 unspecified atom stereocenters. The maximum absolute atomic E-state index is 12.4. The van der Waals surface area contributed by atoms with Gasteiger partial charge in [0.2, 0.25) is 0 Å². The standard InChI is InChI=1S/C16H15NO4S/c1-11-3-6-13(7-4-11)22(18,19)17-15-10-21-16-8-5-12(20-2)9-14(15)16/h3-10,17H,1-2H3. The second-order valence-electron chi connectivity index (χ2n) is 4.93. The van der Waals surface area contributed by atoms with Gasteiger partial charge in [-0.15, -0.1) is 0 Å². The minimum atomic E-state index is -3.66. The zero-order valence-electron chi connectivity index (χ0n) is 12.2. The maximum atomic E-state index is 12.4. The van der Waals surface area contributed by atoms with Crippen molar-refractivity contribution in [1.29, 1.82) is 0 Å². The molecule has 5 nitrogen and oxygen atoms in total. The summed E-state index contributed by atoms with van der Waals surface area (Å²) in [7, 11) is -2.11. The number of hydrogen-bond acceptors (Lipinski definition) is 4. The highest BCUT2D eigenvalue weighted by Crippen LogP contribution is 2.30. The molecule has 1 aromatic heterocycles. The SMILES string of the molecule is COc1ccc2occ(NS(=O)(=O)c3ccc(C)cc3)c2c1. The van der Waals surface area contributed by atoms with Crippen LogP contribution in [0.3, 0.4) is 0 Å². The van der Waals surface area contributed by atoms with E-state index in [-0.39, 0.29) is 4.90 Å². The quantitative estimate of drug-likeness (QED) is 0.799. The first-order valence-corrected chi connectivity index (χ1v) is 8.13. The van der Waals surface area contributed by atoms with Crippen LogP contribution in [0.2, 0.25) is 0 Å². The summed E-state index contributed by atoms with van der Waals surface area (Å²) in [5, 5.41) is 0.648. The van der Waals surface area contributed by atoms with Crippen LogP contribution in [0.1, 0.15) is 5.56 Å². The van der Waals surface area contributed by atoms with Crippen LogP contribution < -0.4 is 9.46 Å². The summed E-state index contributed by atoms with van der Waals surface area (Å²) >= 11 is 0. The van der Waals surface area contributed by atoms with Gasteiger partial charge in [0.25, 0.3) is 10.0 Å². The van der Waals surface area contributed by atoms with E-state index >= 15 is 0 Å². The lowest BCUT2D eigenvalue weighted by Gasteiger charge is -2.07. The van der Waals surface area contributed by atoms with Crippen molar-refractivity contribution in [2.75, 3.05) is 11.8 Å². The third-order valence-corrected chi connectivity index (χ3v) is 4.74. The highest BCUT2D eigenvalue weighted by molar-refractivity contribution is 7.92. The van der Waals surface area contributed by atoms with E-state index in [1.807, 2.05) is 6.92 Å². The van der Waals surface area contributed by atoms with E-state index in [9.17, 15) is 8.42 Å². The van der Waals surface area contributed by atoms with Crippen LogP contribution >= 0.6 is 0 Å². The third kappa shape index (κ3) is 2.65. The highest BCUT2D eigenvalue weighted by Gasteiger charge is 2.17. The fraction of sp³-hybridized carbons (Fsp3) is 0.125. The summed E-state index contributed by atoms with van der Waals surface area (Å²) in [6, 6.07) is 11.9. The topological polar surface area (TPSA) is 68.5 Å². The van der Waals surface area contributed by atoms with E-state index in [0.717, 1.165) is 5.56 Å². The molecule has 6 heteroatoms. The van der Waals surface area contributed by atoms with E-state index < -0.39 is 10.0 Å². The van der Waals surface area contributed by atoms with Crippen molar-refractivity contribution >= 4 is 26.7 Å². The van der Waals surface area contributed by atoms with E-state index in [4.69, 9.17) is 9.15 Å². The van der Waals surface area contributed by atoms with E-state index in [1.54, 1.807) is 49.6 Å². The number of rotatable bonds is 4. The molecule has 0 radical (unpaired) electrons. The largest absolute Gasteiger partial charge is 0.497 e. The molecule has 0 aliphatic heterocycles. The Morgan fingerprint density at radius 3 is 2.50 bits per heavy atom. The van der Waals surface area contributed by atoms with Gasteiger partial charge in [0, 0.05) is 5.39 Å². The van der Waals surface area contributed by atoms with Gasteiger partial charge in [0.1, 0.15) is 17.6 Å². The second kappa shape index (κ2) is 5.38. The number of hydrogen-bond donors (Lipinski definition) is 1. The number of furan rings is 1. The number of benzene rings is 2. The number of anilines is 1. The van der Waals surface area contributed by atoms with Crippen molar-refractivity contribution < 1.29 is 17.6 Å².